The molecule has 4 aromatic rings. The van der Waals surface area contributed by atoms with Crippen molar-refractivity contribution in [3.8, 4) is 11.5 Å². The normalized spacial score (nSPS) is 16.7. The molecule has 5 nitrogen and oxygen atoms in total. The molecule has 0 unspecified atom stereocenters. The first-order chi connectivity index (χ1) is 18.2. The number of carbonyl (C=O) groups is 2. The van der Waals surface area contributed by atoms with Crippen molar-refractivity contribution in [2.24, 2.45) is 11.8 Å². The molecule has 0 spiro atoms. The lowest BCUT2D eigenvalue weighted by molar-refractivity contribution is -0.141. The van der Waals surface area contributed by atoms with E-state index in [2.05, 4.69) is 0 Å². The van der Waals surface area contributed by atoms with Crippen molar-refractivity contribution in [3.05, 3.63) is 131 Å². The maximum Gasteiger partial charge on any atom is 0.310 e. The molecule has 1 aliphatic rings. The summed E-state index contributed by atoms with van der Waals surface area (Å²) in [7, 11) is 0. The Hall–Kier alpha value is -4.38. The molecule has 0 radical (unpaired) electrons. The first kappa shape index (κ1) is 24.3. The highest BCUT2D eigenvalue weighted by molar-refractivity contribution is 6.01. The lowest BCUT2D eigenvalue weighted by atomic mass is 9.84. The smallest absolute Gasteiger partial charge is 0.310 e. The molecule has 4 aromatic carbocycles. The Morgan fingerprint density at radius 3 is 1.92 bits per heavy atom. The molecule has 0 amide bonds. The first-order valence-corrected chi connectivity index (χ1v) is 12.4. The molecule has 2 atom stereocenters. The van der Waals surface area contributed by atoms with Crippen molar-refractivity contribution in [1.29, 1.82) is 0 Å². The second-order valence-corrected chi connectivity index (χ2v) is 9.14. The molecule has 37 heavy (non-hydrogen) atoms. The van der Waals surface area contributed by atoms with E-state index in [1.807, 2.05) is 91.0 Å². The van der Waals surface area contributed by atoms with Crippen LogP contribution < -0.4 is 9.47 Å². The summed E-state index contributed by atoms with van der Waals surface area (Å²) in [5.41, 5.74) is 3.56. The topological polar surface area (TPSA) is 61.8 Å². The fourth-order valence-corrected chi connectivity index (χ4v) is 4.49. The lowest BCUT2D eigenvalue weighted by Crippen LogP contribution is -2.26. The highest BCUT2D eigenvalue weighted by Crippen LogP contribution is 2.31. The second-order valence-electron chi connectivity index (χ2n) is 9.14. The number of Topliss-reactive ketones (excluding diaryl/α,β-unsaturated/α-hetero) is 1. The molecule has 1 aliphatic heterocycles. The van der Waals surface area contributed by atoms with Crippen LogP contribution in [-0.2, 0) is 29.2 Å². The van der Waals surface area contributed by atoms with E-state index in [0.717, 1.165) is 22.4 Å². The van der Waals surface area contributed by atoms with Crippen LogP contribution >= 0.6 is 0 Å². The van der Waals surface area contributed by atoms with Crippen LogP contribution in [0.4, 0.5) is 0 Å². The molecule has 5 rings (SSSR count). The quantitative estimate of drug-likeness (QED) is 0.199. The average molecular weight is 493 g/mol. The maximum absolute atomic E-state index is 13.4. The Balaban J connectivity index is 1.25. The van der Waals surface area contributed by atoms with E-state index in [0.29, 0.717) is 30.9 Å². The molecule has 0 aromatic heterocycles. The predicted molar refractivity (Wildman–Crippen MR) is 140 cm³/mol. The minimum atomic E-state index is -0.550. The minimum absolute atomic E-state index is 0.0850. The summed E-state index contributed by atoms with van der Waals surface area (Å²) >= 11 is 0. The SMILES string of the molecule is O=C(c1cccc(OCc2ccccc2)c1)[C@H]1COC(=O)[C@@H]1Cc1cccc(OCc2ccccc2)c1. The number of cyclic esters (lactones) is 1. The first-order valence-electron chi connectivity index (χ1n) is 12.4. The van der Waals surface area contributed by atoms with Crippen molar-refractivity contribution in [2.75, 3.05) is 6.61 Å². The third-order valence-corrected chi connectivity index (χ3v) is 6.50. The van der Waals surface area contributed by atoms with Gasteiger partial charge in [-0.15, -0.1) is 0 Å². The Kier molecular flexibility index (Phi) is 7.60. The Morgan fingerprint density at radius 2 is 1.27 bits per heavy atom. The average Bonchev–Trinajstić information content (AvgIpc) is 3.31. The van der Waals surface area contributed by atoms with Gasteiger partial charge >= 0.3 is 5.97 Å². The van der Waals surface area contributed by atoms with Gasteiger partial charge in [0, 0.05) is 5.56 Å². The third kappa shape index (κ3) is 6.25. The standard InChI is InChI=1S/C32H28O5/c33-31(26-14-8-16-28(19-26)36-21-24-11-5-2-6-12-24)30-22-37-32(34)29(30)18-25-13-7-15-27(17-25)35-20-23-9-3-1-4-10-23/h1-17,19,29-30H,18,20-22H2/t29-,30+/m1/s1. The molecule has 186 valence electrons. The Bertz CT molecular complexity index is 1350. The van der Waals surface area contributed by atoms with E-state index in [9.17, 15) is 9.59 Å². The summed E-state index contributed by atoms with van der Waals surface area (Å²) in [5.74, 6) is -0.224. The zero-order valence-corrected chi connectivity index (χ0v) is 20.4. The van der Waals surface area contributed by atoms with Gasteiger partial charge in [-0.05, 0) is 47.4 Å². The van der Waals surface area contributed by atoms with Crippen molar-refractivity contribution in [1.82, 2.24) is 0 Å². The van der Waals surface area contributed by atoms with Crippen LogP contribution in [0.1, 0.15) is 27.0 Å². The van der Waals surface area contributed by atoms with Gasteiger partial charge in [0.05, 0.1) is 11.8 Å². The van der Waals surface area contributed by atoms with E-state index < -0.39 is 11.8 Å². The minimum Gasteiger partial charge on any atom is -0.489 e. The molecule has 0 saturated carbocycles. The number of hydrogen-bond acceptors (Lipinski definition) is 5. The van der Waals surface area contributed by atoms with E-state index >= 15 is 0 Å². The van der Waals surface area contributed by atoms with Crippen LogP contribution in [0.15, 0.2) is 109 Å². The second kappa shape index (κ2) is 11.6. The number of ketones is 1. The summed E-state index contributed by atoms with van der Waals surface area (Å²) in [4.78, 5) is 26.0. The number of esters is 1. The van der Waals surface area contributed by atoms with Crippen LogP contribution in [-0.4, -0.2) is 18.4 Å². The summed E-state index contributed by atoms with van der Waals surface area (Å²) in [5, 5.41) is 0. The molecule has 5 heteroatoms. The van der Waals surface area contributed by atoms with Crippen molar-refractivity contribution in [3.63, 3.8) is 0 Å². The monoisotopic (exact) mass is 492 g/mol. The van der Waals surface area contributed by atoms with Crippen LogP contribution in [0.3, 0.4) is 0 Å². The van der Waals surface area contributed by atoms with Crippen LogP contribution in [0, 0.1) is 11.8 Å². The van der Waals surface area contributed by atoms with Gasteiger partial charge in [-0.3, -0.25) is 9.59 Å². The fraction of sp³-hybridized carbons (Fsp3) is 0.188. The third-order valence-electron chi connectivity index (χ3n) is 6.50. The molecule has 0 aliphatic carbocycles. The molecular weight excluding hydrogens is 464 g/mol. The van der Waals surface area contributed by atoms with Crippen LogP contribution in [0.5, 0.6) is 11.5 Å². The summed E-state index contributed by atoms with van der Waals surface area (Å²) < 4.78 is 17.2. The van der Waals surface area contributed by atoms with Gasteiger partial charge in [0.2, 0.25) is 0 Å². The molecule has 1 fully saturated rings. The molecule has 0 N–H and O–H groups in total. The number of ether oxygens (including phenoxy) is 3. The van der Waals surface area contributed by atoms with Gasteiger partial charge in [-0.1, -0.05) is 84.9 Å². The molecule has 1 heterocycles. The van der Waals surface area contributed by atoms with Gasteiger partial charge in [0.15, 0.2) is 5.78 Å². The summed E-state index contributed by atoms with van der Waals surface area (Å²) in [6.07, 6.45) is 0.405. The van der Waals surface area contributed by atoms with Gasteiger partial charge in [0.25, 0.3) is 0 Å². The molecule has 1 saturated heterocycles. The van der Waals surface area contributed by atoms with E-state index in [1.54, 1.807) is 18.2 Å². The van der Waals surface area contributed by atoms with Crippen molar-refractivity contribution >= 4 is 11.8 Å². The summed E-state index contributed by atoms with van der Waals surface area (Å²) in [6, 6.07) is 34.6. The predicted octanol–water partition coefficient (Wildman–Crippen LogP) is 6.06. The van der Waals surface area contributed by atoms with Gasteiger partial charge in [-0.25, -0.2) is 0 Å². The zero-order valence-electron chi connectivity index (χ0n) is 20.4. The Labute approximate surface area is 216 Å². The van der Waals surface area contributed by atoms with Crippen molar-refractivity contribution < 1.29 is 23.8 Å². The highest BCUT2D eigenvalue weighted by Gasteiger charge is 2.41. The molecule has 0 bridgehead atoms. The summed E-state index contributed by atoms with van der Waals surface area (Å²) in [6.45, 7) is 0.954. The fourth-order valence-electron chi connectivity index (χ4n) is 4.49. The van der Waals surface area contributed by atoms with E-state index in [1.165, 1.54) is 0 Å². The molecular formula is C32H28O5. The van der Waals surface area contributed by atoms with Crippen molar-refractivity contribution in [2.45, 2.75) is 19.6 Å². The Morgan fingerprint density at radius 1 is 0.703 bits per heavy atom. The van der Waals surface area contributed by atoms with Gasteiger partial charge in [-0.2, -0.15) is 0 Å². The van der Waals surface area contributed by atoms with E-state index in [4.69, 9.17) is 14.2 Å². The van der Waals surface area contributed by atoms with E-state index in [-0.39, 0.29) is 18.4 Å². The lowest BCUT2D eigenvalue weighted by Gasteiger charge is -2.16. The largest absolute Gasteiger partial charge is 0.489 e. The number of carbonyl (C=O) groups excluding carboxylic acids is 2. The van der Waals surface area contributed by atoms with Gasteiger partial charge < -0.3 is 14.2 Å². The van der Waals surface area contributed by atoms with Crippen LogP contribution in [0.25, 0.3) is 0 Å². The number of hydrogen-bond donors (Lipinski definition) is 0. The maximum atomic E-state index is 13.4. The van der Waals surface area contributed by atoms with Crippen LogP contribution in [0.2, 0.25) is 0 Å². The van der Waals surface area contributed by atoms with Gasteiger partial charge in [0.1, 0.15) is 31.3 Å². The zero-order chi connectivity index (χ0) is 25.5. The number of benzene rings is 4. The number of rotatable bonds is 10. The highest BCUT2D eigenvalue weighted by atomic mass is 16.5.